The van der Waals surface area contributed by atoms with Crippen LogP contribution in [0.3, 0.4) is 0 Å². The number of hydrogen-bond acceptors (Lipinski definition) is 2. The number of carboxylic acid groups (broad SMARTS) is 1. The number of hydrogen-bond donors (Lipinski definition) is 1. The Labute approximate surface area is 54.7 Å². The van der Waals surface area contributed by atoms with Crippen molar-refractivity contribution in [1.82, 2.24) is 0 Å². The van der Waals surface area contributed by atoms with Crippen molar-refractivity contribution in [2.24, 2.45) is 0 Å². The average Bonchev–Trinajstić information content (AvgIpc) is 1.61. The minimum absolute atomic E-state index is 0. The summed E-state index contributed by atoms with van der Waals surface area (Å²) < 4.78 is 0. The number of carbonyl (C=O) groups is 2. The summed E-state index contributed by atoms with van der Waals surface area (Å²) in [5, 5.41) is 8.01. The standard InChI is InChI=1S/C5H8O3.CH4/c1-4(6)2-3-5(7)8;/h2-3H2,1H3,(H,7,8);1H4. The first-order valence-electron chi connectivity index (χ1n) is 2.34. The van der Waals surface area contributed by atoms with Crippen LogP contribution in [0.1, 0.15) is 27.2 Å². The highest BCUT2D eigenvalue weighted by molar-refractivity contribution is 5.80. The third-order valence-electron chi connectivity index (χ3n) is 0.691. The molecule has 1 N–H and O–H groups in total. The highest BCUT2D eigenvalue weighted by Gasteiger charge is 1.97. The van der Waals surface area contributed by atoms with Gasteiger partial charge in [0, 0.05) is 6.42 Å². The summed E-state index contributed by atoms with van der Waals surface area (Å²) in [5.41, 5.74) is 0. The van der Waals surface area contributed by atoms with Gasteiger partial charge in [0.2, 0.25) is 0 Å². The summed E-state index contributed by atoms with van der Waals surface area (Å²) in [5.74, 6) is -0.993. The molecule has 3 heteroatoms. The first kappa shape index (κ1) is 11.0. The van der Waals surface area contributed by atoms with Crippen molar-refractivity contribution in [1.29, 1.82) is 0 Å². The lowest BCUT2D eigenvalue weighted by molar-refractivity contribution is -0.138. The van der Waals surface area contributed by atoms with Crippen molar-refractivity contribution >= 4 is 11.8 Å². The van der Waals surface area contributed by atoms with E-state index in [0.717, 1.165) is 0 Å². The van der Waals surface area contributed by atoms with Crippen molar-refractivity contribution in [2.75, 3.05) is 0 Å². The summed E-state index contributed by atoms with van der Waals surface area (Å²) in [4.78, 5) is 19.8. The number of carboxylic acids is 1. The Balaban J connectivity index is 0. The van der Waals surface area contributed by atoms with Crippen LogP contribution in [0.2, 0.25) is 0 Å². The van der Waals surface area contributed by atoms with Crippen LogP contribution in [0.4, 0.5) is 0 Å². The van der Waals surface area contributed by atoms with Crippen LogP contribution in [0.5, 0.6) is 0 Å². The molecule has 0 aromatic heterocycles. The van der Waals surface area contributed by atoms with Crippen LogP contribution < -0.4 is 0 Å². The Morgan fingerprint density at radius 1 is 1.33 bits per heavy atom. The maximum Gasteiger partial charge on any atom is 0.303 e. The Morgan fingerprint density at radius 3 is 1.89 bits per heavy atom. The van der Waals surface area contributed by atoms with Gasteiger partial charge in [0.15, 0.2) is 0 Å². The molecule has 0 aliphatic carbocycles. The van der Waals surface area contributed by atoms with Crippen LogP contribution in [-0.2, 0) is 9.59 Å². The lowest BCUT2D eigenvalue weighted by atomic mass is 10.2. The zero-order valence-corrected chi connectivity index (χ0v) is 4.68. The van der Waals surface area contributed by atoms with E-state index in [1.165, 1.54) is 6.92 Å². The fourth-order valence-corrected chi connectivity index (χ4v) is 0.283. The van der Waals surface area contributed by atoms with Gasteiger partial charge >= 0.3 is 5.97 Å². The second kappa shape index (κ2) is 5.28. The normalized spacial score (nSPS) is 7.67. The molecule has 9 heavy (non-hydrogen) atoms. The van der Waals surface area contributed by atoms with E-state index in [-0.39, 0.29) is 26.1 Å². The highest BCUT2D eigenvalue weighted by Crippen LogP contribution is 1.87. The van der Waals surface area contributed by atoms with Gasteiger partial charge in [0.1, 0.15) is 5.78 Å². The summed E-state index contributed by atoms with van der Waals surface area (Å²) in [6.45, 7) is 1.38. The zero-order chi connectivity index (χ0) is 6.57. The van der Waals surface area contributed by atoms with Crippen LogP contribution in [0, 0.1) is 0 Å². The van der Waals surface area contributed by atoms with Gasteiger partial charge in [-0.05, 0) is 6.92 Å². The smallest absolute Gasteiger partial charge is 0.303 e. The molecule has 0 heterocycles. The molecule has 0 aromatic carbocycles. The molecule has 0 rings (SSSR count). The molecule has 0 saturated heterocycles. The SMILES string of the molecule is C.CC(=O)CCC(=O)O. The minimum Gasteiger partial charge on any atom is -0.481 e. The van der Waals surface area contributed by atoms with Gasteiger partial charge in [-0.15, -0.1) is 0 Å². The van der Waals surface area contributed by atoms with E-state index < -0.39 is 5.97 Å². The topological polar surface area (TPSA) is 54.4 Å². The fraction of sp³-hybridized carbons (Fsp3) is 0.667. The first-order valence-corrected chi connectivity index (χ1v) is 2.34. The molecule has 0 unspecified atom stereocenters. The van der Waals surface area contributed by atoms with E-state index in [1.54, 1.807) is 0 Å². The van der Waals surface area contributed by atoms with Crippen molar-refractivity contribution in [2.45, 2.75) is 27.2 Å². The predicted molar refractivity (Wildman–Crippen MR) is 34.3 cm³/mol. The second-order valence-electron chi connectivity index (χ2n) is 1.60. The lowest BCUT2D eigenvalue weighted by Crippen LogP contribution is -1.98. The van der Waals surface area contributed by atoms with Gasteiger partial charge in [0.25, 0.3) is 0 Å². The third kappa shape index (κ3) is 11.0. The van der Waals surface area contributed by atoms with Crippen LogP contribution in [0.15, 0.2) is 0 Å². The van der Waals surface area contributed by atoms with E-state index in [2.05, 4.69) is 0 Å². The minimum atomic E-state index is -0.916. The number of ketones is 1. The van der Waals surface area contributed by atoms with Crippen molar-refractivity contribution < 1.29 is 14.7 Å². The summed E-state index contributed by atoms with van der Waals surface area (Å²) in [6.07, 6.45) is 0.102. The fourth-order valence-electron chi connectivity index (χ4n) is 0.283. The molecule has 0 radical (unpaired) electrons. The zero-order valence-electron chi connectivity index (χ0n) is 4.68. The molecule has 54 valence electrons. The molecule has 0 saturated carbocycles. The predicted octanol–water partition coefficient (Wildman–Crippen LogP) is 1.08. The Hall–Kier alpha value is -0.860. The first-order chi connectivity index (χ1) is 3.63. The van der Waals surface area contributed by atoms with Crippen LogP contribution in [-0.4, -0.2) is 16.9 Å². The van der Waals surface area contributed by atoms with E-state index in [9.17, 15) is 9.59 Å². The Kier molecular flexibility index (Phi) is 6.46. The van der Waals surface area contributed by atoms with E-state index in [1.807, 2.05) is 0 Å². The highest BCUT2D eigenvalue weighted by atomic mass is 16.4. The number of aliphatic carboxylic acids is 1. The molecule has 3 nitrogen and oxygen atoms in total. The molecule has 0 fully saturated rings. The van der Waals surface area contributed by atoms with Crippen molar-refractivity contribution in [3.05, 3.63) is 0 Å². The quantitative estimate of drug-likeness (QED) is 0.625. The number of carbonyl (C=O) groups excluding carboxylic acids is 1. The maximum atomic E-state index is 10.1. The van der Waals surface area contributed by atoms with E-state index in [4.69, 9.17) is 5.11 Å². The van der Waals surface area contributed by atoms with E-state index >= 15 is 0 Å². The summed E-state index contributed by atoms with van der Waals surface area (Å²) in [6, 6.07) is 0. The van der Waals surface area contributed by atoms with Crippen molar-refractivity contribution in [3.63, 3.8) is 0 Å². The molecule has 0 atom stereocenters. The molecule has 0 aromatic rings. The Bertz CT molecular complexity index is 92.9. The molecule has 0 bridgehead atoms. The monoisotopic (exact) mass is 132 g/mol. The van der Waals surface area contributed by atoms with Gasteiger partial charge in [-0.25, -0.2) is 0 Å². The average molecular weight is 132 g/mol. The molecule has 0 aliphatic heterocycles. The summed E-state index contributed by atoms with van der Waals surface area (Å²) in [7, 11) is 0. The lowest BCUT2D eigenvalue weighted by Gasteiger charge is -1.86. The number of Topliss-reactive ketones (excluding diaryl/α,β-unsaturated/α-hetero) is 1. The molecule has 0 aliphatic rings. The number of rotatable bonds is 3. The van der Waals surface area contributed by atoms with Gasteiger partial charge < -0.3 is 9.90 Å². The summed E-state index contributed by atoms with van der Waals surface area (Å²) >= 11 is 0. The molecular formula is C6H12O3. The second-order valence-corrected chi connectivity index (χ2v) is 1.60. The van der Waals surface area contributed by atoms with Gasteiger partial charge in [-0.3, -0.25) is 4.79 Å². The van der Waals surface area contributed by atoms with Crippen LogP contribution in [0.25, 0.3) is 0 Å². The molecular weight excluding hydrogens is 120 g/mol. The maximum absolute atomic E-state index is 10.1. The van der Waals surface area contributed by atoms with Crippen molar-refractivity contribution in [3.8, 4) is 0 Å². The van der Waals surface area contributed by atoms with Gasteiger partial charge in [-0.2, -0.15) is 0 Å². The molecule has 0 amide bonds. The Morgan fingerprint density at radius 2 is 1.78 bits per heavy atom. The largest absolute Gasteiger partial charge is 0.481 e. The van der Waals surface area contributed by atoms with Gasteiger partial charge in [0.05, 0.1) is 6.42 Å². The molecule has 0 spiro atoms. The van der Waals surface area contributed by atoms with Crippen LogP contribution >= 0.6 is 0 Å². The van der Waals surface area contributed by atoms with Gasteiger partial charge in [-0.1, -0.05) is 7.43 Å². The third-order valence-corrected chi connectivity index (χ3v) is 0.691. The van der Waals surface area contributed by atoms with E-state index in [0.29, 0.717) is 0 Å².